The Labute approximate surface area is 117 Å². The van der Waals surface area contributed by atoms with Crippen LogP contribution in [-0.2, 0) is 0 Å². The maximum Gasteiger partial charge on any atom is 0.199 e. The number of benzene rings is 2. The molecule has 1 heterocycles. The molecule has 3 rings (SSSR count). The zero-order chi connectivity index (χ0) is 13.9. The second-order valence-corrected chi connectivity index (χ2v) is 4.76. The molecular weight excluding hydrogens is 248 g/mol. The zero-order valence-electron chi connectivity index (χ0n) is 11.2. The minimum atomic E-state index is -0.00145. The lowest BCUT2D eigenvalue weighted by molar-refractivity contribution is 0.601. The van der Waals surface area contributed by atoms with Crippen molar-refractivity contribution in [3.63, 3.8) is 0 Å². The molecule has 2 heteroatoms. The molecular formula is C18H14O2. The molecule has 0 bridgehead atoms. The van der Waals surface area contributed by atoms with Crippen molar-refractivity contribution in [1.29, 1.82) is 0 Å². The number of aryl methyl sites for hydroxylation is 1. The van der Waals surface area contributed by atoms with E-state index in [1.807, 2.05) is 61.5 Å². The van der Waals surface area contributed by atoms with Crippen LogP contribution < -0.4 is 5.43 Å². The van der Waals surface area contributed by atoms with Crippen molar-refractivity contribution in [2.75, 3.05) is 0 Å². The van der Waals surface area contributed by atoms with Gasteiger partial charge in [0, 0.05) is 0 Å². The molecule has 98 valence electrons. The molecule has 0 spiro atoms. The molecule has 0 aliphatic rings. The van der Waals surface area contributed by atoms with E-state index < -0.39 is 0 Å². The van der Waals surface area contributed by atoms with E-state index in [-0.39, 0.29) is 5.43 Å². The standard InChI is InChI=1S/C18H14O2/c1-13-7-10-16-17(11-13)20-12-15(18(16)19)9-8-14-5-3-2-4-6-14/h2-12H,1H3/b9-8+. The molecule has 0 atom stereocenters. The van der Waals surface area contributed by atoms with Crippen LogP contribution in [0.15, 0.2) is 64.0 Å². The summed E-state index contributed by atoms with van der Waals surface area (Å²) in [6, 6.07) is 15.5. The van der Waals surface area contributed by atoms with E-state index in [1.165, 1.54) is 6.26 Å². The molecule has 2 aromatic carbocycles. The predicted octanol–water partition coefficient (Wildman–Crippen LogP) is 4.27. The first kappa shape index (κ1) is 12.4. The number of hydrogen-bond donors (Lipinski definition) is 0. The predicted molar refractivity (Wildman–Crippen MR) is 82.6 cm³/mol. The lowest BCUT2D eigenvalue weighted by Crippen LogP contribution is -2.04. The summed E-state index contributed by atoms with van der Waals surface area (Å²) < 4.78 is 5.54. The fraction of sp³-hybridized carbons (Fsp3) is 0.0556. The quantitative estimate of drug-likeness (QED) is 0.690. The molecule has 0 aliphatic carbocycles. The van der Waals surface area contributed by atoms with Crippen LogP contribution in [0.3, 0.4) is 0 Å². The van der Waals surface area contributed by atoms with Crippen molar-refractivity contribution in [3.8, 4) is 0 Å². The third-order valence-electron chi connectivity index (χ3n) is 3.21. The molecule has 0 radical (unpaired) electrons. The molecule has 0 saturated heterocycles. The van der Waals surface area contributed by atoms with Crippen LogP contribution in [0.1, 0.15) is 16.7 Å². The molecule has 3 aromatic rings. The van der Waals surface area contributed by atoms with Crippen LogP contribution in [0.2, 0.25) is 0 Å². The highest BCUT2D eigenvalue weighted by Gasteiger charge is 2.04. The van der Waals surface area contributed by atoms with Crippen molar-refractivity contribution in [2.45, 2.75) is 6.92 Å². The van der Waals surface area contributed by atoms with Gasteiger partial charge in [0.2, 0.25) is 0 Å². The molecule has 2 nitrogen and oxygen atoms in total. The third kappa shape index (κ3) is 2.41. The lowest BCUT2D eigenvalue weighted by atomic mass is 10.1. The average Bonchev–Trinajstić information content (AvgIpc) is 2.47. The molecule has 20 heavy (non-hydrogen) atoms. The van der Waals surface area contributed by atoms with Gasteiger partial charge >= 0.3 is 0 Å². The summed E-state index contributed by atoms with van der Waals surface area (Å²) >= 11 is 0. The topological polar surface area (TPSA) is 30.2 Å². The second-order valence-electron chi connectivity index (χ2n) is 4.76. The fourth-order valence-electron chi connectivity index (χ4n) is 2.12. The van der Waals surface area contributed by atoms with Crippen LogP contribution in [0.4, 0.5) is 0 Å². The Bertz CT molecular complexity index is 827. The summed E-state index contributed by atoms with van der Waals surface area (Å²) in [6.45, 7) is 1.97. The van der Waals surface area contributed by atoms with Gasteiger partial charge in [0.25, 0.3) is 0 Å². The minimum Gasteiger partial charge on any atom is -0.463 e. The van der Waals surface area contributed by atoms with Crippen LogP contribution in [0, 0.1) is 6.92 Å². The molecule has 0 N–H and O–H groups in total. The molecule has 0 saturated carbocycles. The van der Waals surface area contributed by atoms with Gasteiger partial charge < -0.3 is 4.42 Å². The summed E-state index contributed by atoms with van der Waals surface area (Å²) in [5, 5.41) is 0.616. The van der Waals surface area contributed by atoms with Gasteiger partial charge in [-0.05, 0) is 36.3 Å². The normalized spacial score (nSPS) is 11.2. The first-order chi connectivity index (χ1) is 9.74. The largest absolute Gasteiger partial charge is 0.463 e. The molecule has 0 fully saturated rings. The monoisotopic (exact) mass is 262 g/mol. The van der Waals surface area contributed by atoms with Crippen LogP contribution in [-0.4, -0.2) is 0 Å². The Kier molecular flexibility index (Phi) is 3.21. The Morgan fingerprint density at radius 3 is 2.60 bits per heavy atom. The Hall–Kier alpha value is -2.61. The van der Waals surface area contributed by atoms with Gasteiger partial charge in [-0.2, -0.15) is 0 Å². The Morgan fingerprint density at radius 1 is 1.00 bits per heavy atom. The summed E-state index contributed by atoms with van der Waals surface area (Å²) in [5.41, 5.74) is 3.32. The number of rotatable bonds is 2. The van der Waals surface area contributed by atoms with Crippen LogP contribution >= 0.6 is 0 Å². The van der Waals surface area contributed by atoms with E-state index in [9.17, 15) is 4.79 Å². The van der Waals surface area contributed by atoms with Gasteiger partial charge in [-0.15, -0.1) is 0 Å². The highest BCUT2D eigenvalue weighted by atomic mass is 16.3. The van der Waals surface area contributed by atoms with Crippen LogP contribution in [0.25, 0.3) is 23.1 Å². The number of fused-ring (bicyclic) bond motifs is 1. The van der Waals surface area contributed by atoms with Gasteiger partial charge in [-0.3, -0.25) is 4.79 Å². The van der Waals surface area contributed by atoms with Crippen molar-refractivity contribution in [3.05, 3.63) is 81.7 Å². The Balaban J connectivity index is 2.05. The average molecular weight is 262 g/mol. The molecule has 1 aromatic heterocycles. The SMILES string of the molecule is Cc1ccc2c(=O)c(/C=C/c3ccccc3)coc2c1. The van der Waals surface area contributed by atoms with E-state index in [4.69, 9.17) is 4.42 Å². The van der Waals surface area contributed by atoms with Crippen molar-refractivity contribution in [2.24, 2.45) is 0 Å². The van der Waals surface area contributed by atoms with Gasteiger partial charge in [0.05, 0.1) is 10.9 Å². The second kappa shape index (κ2) is 5.17. The molecule has 0 amide bonds. The summed E-state index contributed by atoms with van der Waals surface area (Å²) in [6.07, 6.45) is 5.22. The molecule has 0 unspecified atom stereocenters. The highest BCUT2D eigenvalue weighted by Crippen LogP contribution is 2.14. The minimum absolute atomic E-state index is 0.00145. The smallest absolute Gasteiger partial charge is 0.199 e. The first-order valence-corrected chi connectivity index (χ1v) is 6.49. The first-order valence-electron chi connectivity index (χ1n) is 6.49. The highest BCUT2D eigenvalue weighted by molar-refractivity contribution is 5.81. The van der Waals surface area contributed by atoms with Gasteiger partial charge in [0.1, 0.15) is 11.8 Å². The molecule has 0 aliphatic heterocycles. The van der Waals surface area contributed by atoms with E-state index in [0.717, 1.165) is 11.1 Å². The third-order valence-corrected chi connectivity index (χ3v) is 3.21. The maximum absolute atomic E-state index is 12.3. The van der Waals surface area contributed by atoms with Crippen molar-refractivity contribution in [1.82, 2.24) is 0 Å². The lowest BCUT2D eigenvalue weighted by Gasteiger charge is -1.99. The van der Waals surface area contributed by atoms with Crippen molar-refractivity contribution < 1.29 is 4.42 Å². The Morgan fingerprint density at radius 2 is 1.80 bits per heavy atom. The summed E-state index contributed by atoms with van der Waals surface area (Å²) in [5.74, 6) is 0. The van der Waals surface area contributed by atoms with Gasteiger partial charge in [-0.25, -0.2) is 0 Å². The fourth-order valence-corrected chi connectivity index (χ4v) is 2.12. The summed E-state index contributed by atoms with van der Waals surface area (Å²) in [7, 11) is 0. The van der Waals surface area contributed by atoms with E-state index in [1.54, 1.807) is 6.08 Å². The summed E-state index contributed by atoms with van der Waals surface area (Å²) in [4.78, 5) is 12.3. The van der Waals surface area contributed by atoms with Gasteiger partial charge in [0.15, 0.2) is 5.43 Å². The van der Waals surface area contributed by atoms with E-state index in [0.29, 0.717) is 16.5 Å². The maximum atomic E-state index is 12.3. The van der Waals surface area contributed by atoms with Gasteiger partial charge in [-0.1, -0.05) is 42.5 Å². The van der Waals surface area contributed by atoms with Crippen LogP contribution in [0.5, 0.6) is 0 Å². The van der Waals surface area contributed by atoms with E-state index >= 15 is 0 Å². The number of hydrogen-bond acceptors (Lipinski definition) is 2. The van der Waals surface area contributed by atoms with Crippen molar-refractivity contribution >= 4 is 23.1 Å². The zero-order valence-corrected chi connectivity index (χ0v) is 11.2. The van der Waals surface area contributed by atoms with E-state index in [2.05, 4.69) is 0 Å².